The molecule has 1 aromatic rings. The summed E-state index contributed by atoms with van der Waals surface area (Å²) in [5.41, 5.74) is 0.848. The zero-order valence-corrected chi connectivity index (χ0v) is 11.6. The van der Waals surface area contributed by atoms with Gasteiger partial charge in [-0.05, 0) is 13.0 Å². The van der Waals surface area contributed by atoms with E-state index in [4.69, 9.17) is 11.6 Å². The van der Waals surface area contributed by atoms with E-state index in [9.17, 15) is 4.79 Å². The summed E-state index contributed by atoms with van der Waals surface area (Å²) in [6, 6.07) is 1.72. The van der Waals surface area contributed by atoms with Gasteiger partial charge >= 0.3 is 5.97 Å². The van der Waals surface area contributed by atoms with Crippen LogP contribution in [0.25, 0.3) is 0 Å². The fourth-order valence-corrected chi connectivity index (χ4v) is 2.32. The summed E-state index contributed by atoms with van der Waals surface area (Å²) >= 11 is 7.44. The van der Waals surface area contributed by atoms with Crippen molar-refractivity contribution in [2.24, 2.45) is 0 Å². The molecular formula is C11H15ClN2O2S. The number of aromatic nitrogens is 2. The quantitative estimate of drug-likeness (QED) is 0.610. The van der Waals surface area contributed by atoms with E-state index in [0.717, 1.165) is 5.69 Å². The molecule has 0 aliphatic heterocycles. The smallest absolute Gasteiger partial charge is 0.306 e. The molecule has 0 saturated carbocycles. The van der Waals surface area contributed by atoms with Crippen LogP contribution in [0, 0.1) is 6.92 Å². The predicted molar refractivity (Wildman–Crippen MR) is 69.2 cm³/mol. The van der Waals surface area contributed by atoms with Gasteiger partial charge in [0.05, 0.1) is 19.3 Å². The molecule has 1 rings (SSSR count). The third-order valence-electron chi connectivity index (χ3n) is 2.05. The Bertz CT molecular complexity index is 381. The number of carbonyl (C=O) groups is 1. The maximum atomic E-state index is 11.1. The van der Waals surface area contributed by atoms with Gasteiger partial charge in [0.15, 0.2) is 0 Å². The first-order valence-electron chi connectivity index (χ1n) is 5.19. The van der Waals surface area contributed by atoms with E-state index in [0.29, 0.717) is 23.2 Å². The van der Waals surface area contributed by atoms with E-state index in [-0.39, 0.29) is 11.2 Å². The van der Waals surface area contributed by atoms with Crippen LogP contribution in [0.2, 0.25) is 5.15 Å². The number of methoxy groups -OCH3 is 1. The summed E-state index contributed by atoms with van der Waals surface area (Å²) in [6.07, 6.45) is 0.390. The highest BCUT2D eigenvalue weighted by atomic mass is 35.5. The molecule has 0 radical (unpaired) electrons. The standard InChI is InChI=1S/C11H15ClN2O2S/c1-7-4-9(12)14-10(13-7)6-17-8(2)5-11(15)16-3/h4,8H,5-6H2,1-3H3. The van der Waals surface area contributed by atoms with E-state index in [1.165, 1.54) is 7.11 Å². The van der Waals surface area contributed by atoms with Crippen LogP contribution in [0.1, 0.15) is 24.9 Å². The van der Waals surface area contributed by atoms with Gasteiger partial charge in [-0.15, -0.1) is 0 Å². The molecule has 17 heavy (non-hydrogen) atoms. The fourth-order valence-electron chi connectivity index (χ4n) is 1.25. The number of carbonyl (C=O) groups excluding carboxylic acids is 1. The van der Waals surface area contributed by atoms with Gasteiger partial charge in [-0.25, -0.2) is 9.97 Å². The topological polar surface area (TPSA) is 52.1 Å². The lowest BCUT2D eigenvalue weighted by atomic mass is 10.3. The molecule has 1 atom stereocenters. The molecule has 4 nitrogen and oxygen atoms in total. The van der Waals surface area contributed by atoms with Crippen LogP contribution in [0.15, 0.2) is 6.07 Å². The van der Waals surface area contributed by atoms with Gasteiger partial charge in [0.25, 0.3) is 0 Å². The molecule has 0 saturated heterocycles. The van der Waals surface area contributed by atoms with Crippen molar-refractivity contribution in [2.45, 2.75) is 31.3 Å². The summed E-state index contributed by atoms with van der Waals surface area (Å²) in [4.78, 5) is 19.4. The second-order valence-corrected chi connectivity index (χ2v) is 5.46. The lowest BCUT2D eigenvalue weighted by Gasteiger charge is -2.09. The van der Waals surface area contributed by atoms with Crippen molar-refractivity contribution in [1.82, 2.24) is 9.97 Å². The molecule has 0 N–H and O–H groups in total. The van der Waals surface area contributed by atoms with Gasteiger partial charge in [0, 0.05) is 10.9 Å². The minimum atomic E-state index is -0.201. The van der Waals surface area contributed by atoms with E-state index in [1.807, 2.05) is 13.8 Å². The number of esters is 1. The highest BCUT2D eigenvalue weighted by Gasteiger charge is 2.11. The minimum absolute atomic E-state index is 0.172. The summed E-state index contributed by atoms with van der Waals surface area (Å²) in [5, 5.41) is 0.624. The summed E-state index contributed by atoms with van der Waals surface area (Å²) in [7, 11) is 1.39. The highest BCUT2D eigenvalue weighted by molar-refractivity contribution is 7.99. The number of aryl methyl sites for hydroxylation is 1. The third kappa shape index (κ3) is 5.37. The van der Waals surface area contributed by atoms with Crippen molar-refractivity contribution in [2.75, 3.05) is 7.11 Å². The number of thioether (sulfide) groups is 1. The van der Waals surface area contributed by atoms with Crippen molar-refractivity contribution < 1.29 is 9.53 Å². The lowest BCUT2D eigenvalue weighted by molar-refractivity contribution is -0.140. The van der Waals surface area contributed by atoms with Gasteiger partial charge in [-0.2, -0.15) is 11.8 Å². The largest absolute Gasteiger partial charge is 0.469 e. The van der Waals surface area contributed by atoms with Crippen molar-refractivity contribution >= 4 is 29.3 Å². The van der Waals surface area contributed by atoms with Crippen molar-refractivity contribution in [3.05, 3.63) is 22.7 Å². The summed E-state index contributed by atoms with van der Waals surface area (Å²) in [6.45, 7) is 3.85. The van der Waals surface area contributed by atoms with Crippen LogP contribution in [0.5, 0.6) is 0 Å². The van der Waals surface area contributed by atoms with Gasteiger partial charge in [-0.1, -0.05) is 18.5 Å². The number of hydrogen-bond acceptors (Lipinski definition) is 5. The molecule has 0 spiro atoms. The van der Waals surface area contributed by atoms with E-state index in [2.05, 4.69) is 14.7 Å². The first kappa shape index (κ1) is 14.3. The van der Waals surface area contributed by atoms with Crippen LogP contribution in [-0.4, -0.2) is 28.3 Å². The zero-order valence-electron chi connectivity index (χ0n) is 10.1. The Morgan fingerprint density at radius 2 is 2.29 bits per heavy atom. The molecule has 1 unspecified atom stereocenters. The Hall–Kier alpha value is -0.810. The SMILES string of the molecule is COC(=O)CC(C)SCc1nc(C)cc(Cl)n1. The van der Waals surface area contributed by atoms with E-state index in [1.54, 1.807) is 17.8 Å². The summed E-state index contributed by atoms with van der Waals surface area (Å²) < 4.78 is 4.61. The van der Waals surface area contributed by atoms with Gasteiger partial charge < -0.3 is 4.74 Å². The van der Waals surface area contributed by atoms with E-state index < -0.39 is 0 Å². The number of hydrogen-bond donors (Lipinski definition) is 0. The third-order valence-corrected chi connectivity index (χ3v) is 3.40. The Labute approximate surface area is 110 Å². The maximum Gasteiger partial charge on any atom is 0.306 e. The second kappa shape index (κ2) is 6.81. The molecule has 94 valence electrons. The number of halogens is 1. The lowest BCUT2D eigenvalue weighted by Crippen LogP contribution is -2.09. The average Bonchev–Trinajstić information content (AvgIpc) is 2.25. The van der Waals surface area contributed by atoms with Crippen LogP contribution >= 0.6 is 23.4 Å². The van der Waals surface area contributed by atoms with Crippen molar-refractivity contribution in [3.63, 3.8) is 0 Å². The Balaban J connectivity index is 2.47. The van der Waals surface area contributed by atoms with E-state index >= 15 is 0 Å². The minimum Gasteiger partial charge on any atom is -0.469 e. The monoisotopic (exact) mass is 274 g/mol. The van der Waals surface area contributed by atoms with Crippen LogP contribution in [0.3, 0.4) is 0 Å². The molecule has 0 aliphatic rings. The second-order valence-electron chi connectivity index (χ2n) is 3.65. The normalized spacial score (nSPS) is 12.2. The molecule has 1 heterocycles. The Morgan fingerprint density at radius 3 is 2.88 bits per heavy atom. The van der Waals surface area contributed by atoms with Crippen molar-refractivity contribution in [1.29, 1.82) is 0 Å². The fraction of sp³-hybridized carbons (Fsp3) is 0.545. The summed E-state index contributed by atoms with van der Waals surface area (Å²) in [5.74, 6) is 1.13. The van der Waals surface area contributed by atoms with Gasteiger partial charge in [0.2, 0.25) is 0 Å². The molecule has 0 aliphatic carbocycles. The molecule has 6 heteroatoms. The van der Waals surface area contributed by atoms with Crippen LogP contribution < -0.4 is 0 Å². The van der Waals surface area contributed by atoms with Gasteiger partial charge in [-0.3, -0.25) is 4.79 Å². The molecule has 1 aromatic heterocycles. The zero-order chi connectivity index (χ0) is 12.8. The predicted octanol–water partition coefficient (Wildman–Crippen LogP) is 2.62. The number of ether oxygens (including phenoxy) is 1. The molecule has 0 bridgehead atoms. The van der Waals surface area contributed by atoms with Gasteiger partial charge in [0.1, 0.15) is 11.0 Å². The molecule has 0 aromatic carbocycles. The highest BCUT2D eigenvalue weighted by Crippen LogP contribution is 2.19. The Kier molecular flexibility index (Phi) is 5.71. The molecule has 0 fully saturated rings. The van der Waals surface area contributed by atoms with Crippen molar-refractivity contribution in [3.8, 4) is 0 Å². The first-order valence-corrected chi connectivity index (χ1v) is 6.62. The number of nitrogens with zero attached hydrogens (tertiary/aromatic N) is 2. The Morgan fingerprint density at radius 1 is 1.59 bits per heavy atom. The molecular weight excluding hydrogens is 260 g/mol. The maximum absolute atomic E-state index is 11.1. The van der Waals surface area contributed by atoms with Crippen LogP contribution in [0.4, 0.5) is 0 Å². The molecule has 0 amide bonds. The van der Waals surface area contributed by atoms with Crippen LogP contribution in [-0.2, 0) is 15.3 Å². The average molecular weight is 275 g/mol. The number of rotatable bonds is 5. The first-order chi connectivity index (χ1) is 8.01.